The number of piperidine rings is 1. The number of alkyl halides is 3. The Labute approximate surface area is 296 Å². The van der Waals surface area contributed by atoms with Crippen molar-refractivity contribution in [3.05, 3.63) is 100 Å². The molecule has 268 valence electrons. The predicted octanol–water partition coefficient (Wildman–Crippen LogP) is 7.40. The number of aryl methyl sites for hydroxylation is 2. The summed E-state index contributed by atoms with van der Waals surface area (Å²) in [5.74, 6) is 1.16. The first-order chi connectivity index (χ1) is 23.7. The molecule has 5 rings (SSSR count). The first-order valence-electron chi connectivity index (χ1n) is 16.1. The molecule has 0 N–H and O–H groups in total. The summed E-state index contributed by atoms with van der Waals surface area (Å²) in [6.45, 7) is 2.91. The van der Waals surface area contributed by atoms with Crippen molar-refractivity contribution in [2.24, 2.45) is 0 Å². The molecule has 4 aromatic rings. The summed E-state index contributed by atoms with van der Waals surface area (Å²) in [6.07, 6.45) is 1.15. The Hall–Kier alpha value is -4.07. The molecule has 1 fully saturated rings. The molecular formula is C36H41ClF3N5O4S. The lowest BCUT2D eigenvalue weighted by Crippen LogP contribution is -2.56. The highest BCUT2D eigenvalue weighted by Crippen LogP contribution is 2.39. The summed E-state index contributed by atoms with van der Waals surface area (Å²) in [4.78, 5) is 12.5. The van der Waals surface area contributed by atoms with Crippen LogP contribution < -0.4 is 18.7 Å². The van der Waals surface area contributed by atoms with Gasteiger partial charge in [-0.1, -0.05) is 29.8 Å². The average Bonchev–Trinajstić information content (AvgIpc) is 3.09. The molecule has 0 unspecified atom stereocenters. The van der Waals surface area contributed by atoms with Gasteiger partial charge in [0.15, 0.2) is 0 Å². The minimum atomic E-state index is -4.40. The fraction of sp³-hybridized carbons (Fsp3) is 0.389. The van der Waals surface area contributed by atoms with Crippen LogP contribution in [0.3, 0.4) is 0 Å². The number of halogens is 4. The maximum Gasteiger partial charge on any atom is 0.416 e. The summed E-state index contributed by atoms with van der Waals surface area (Å²) in [6, 6.07) is 15.6. The van der Waals surface area contributed by atoms with Crippen LogP contribution in [0.15, 0.2) is 78.1 Å². The van der Waals surface area contributed by atoms with Gasteiger partial charge in [-0.2, -0.15) is 13.2 Å². The van der Waals surface area contributed by atoms with Crippen molar-refractivity contribution >= 4 is 33.1 Å². The second-order valence-corrected chi connectivity index (χ2v) is 14.9. The average molecular weight is 732 g/mol. The van der Waals surface area contributed by atoms with Crippen molar-refractivity contribution < 1.29 is 31.1 Å². The van der Waals surface area contributed by atoms with Gasteiger partial charge in [-0.25, -0.2) is 22.7 Å². The highest BCUT2D eigenvalue weighted by Gasteiger charge is 2.39. The molecule has 0 aliphatic carbocycles. The third kappa shape index (κ3) is 7.95. The minimum Gasteiger partial charge on any atom is -0.497 e. The molecule has 1 aromatic heterocycles. The molecule has 0 saturated carbocycles. The minimum absolute atomic E-state index is 0.0468. The topological polar surface area (TPSA) is 88.1 Å². The van der Waals surface area contributed by atoms with Crippen molar-refractivity contribution in [1.29, 1.82) is 0 Å². The number of aromatic nitrogens is 2. The zero-order valence-electron chi connectivity index (χ0n) is 28.7. The Balaban J connectivity index is 1.45. The van der Waals surface area contributed by atoms with Crippen molar-refractivity contribution in [3.8, 4) is 11.5 Å². The van der Waals surface area contributed by atoms with Crippen LogP contribution in [0, 0.1) is 6.92 Å². The number of rotatable bonds is 12. The maximum absolute atomic E-state index is 14.5. The van der Waals surface area contributed by atoms with E-state index in [4.69, 9.17) is 21.1 Å². The van der Waals surface area contributed by atoms with E-state index >= 15 is 0 Å². The Bertz CT molecular complexity index is 1890. The summed E-state index contributed by atoms with van der Waals surface area (Å²) < 4.78 is 81.2. The van der Waals surface area contributed by atoms with E-state index in [0.29, 0.717) is 54.1 Å². The molecule has 2 heterocycles. The van der Waals surface area contributed by atoms with Gasteiger partial charge < -0.3 is 19.3 Å². The summed E-state index contributed by atoms with van der Waals surface area (Å²) in [7, 11) is 2.74. The fourth-order valence-corrected chi connectivity index (χ4v) is 8.80. The number of sulfonamides is 1. The Morgan fingerprint density at radius 1 is 1.04 bits per heavy atom. The van der Waals surface area contributed by atoms with Crippen LogP contribution in [0.2, 0.25) is 5.02 Å². The second kappa shape index (κ2) is 15.0. The lowest BCUT2D eigenvalue weighted by molar-refractivity contribution is -0.137. The standard InChI is InChI=1S/C36H41ClF3N5O4S/c1-25-18-29(44-17-7-14-35(23-44,43(2)3)15-12-26-8-6-9-28(19-26)36(38,39)40)20-31(37)34(25)50(46,47)45(33-13-16-41-24-42-33)22-27-10-11-30(48-4)21-32(27)49-5/h6,8-11,13,16,18-21,24H,7,12,14-15,17,22-23H2,1-5H3/t35-/m1/s1. The first kappa shape index (κ1) is 37.2. The van der Waals surface area contributed by atoms with Crippen LogP contribution in [0.1, 0.15) is 41.5 Å². The molecule has 0 radical (unpaired) electrons. The molecule has 1 atom stereocenters. The molecule has 50 heavy (non-hydrogen) atoms. The van der Waals surface area contributed by atoms with Gasteiger partial charge in [-0.05, 0) is 88.2 Å². The normalized spacial score (nSPS) is 16.8. The quantitative estimate of drug-likeness (QED) is 0.149. The van der Waals surface area contributed by atoms with Gasteiger partial charge in [0.1, 0.15) is 28.5 Å². The number of hydrogen-bond donors (Lipinski definition) is 0. The van der Waals surface area contributed by atoms with Crippen LogP contribution >= 0.6 is 11.6 Å². The molecule has 1 saturated heterocycles. The Morgan fingerprint density at radius 3 is 2.46 bits per heavy atom. The van der Waals surface area contributed by atoms with Crippen LogP contribution in [0.5, 0.6) is 11.5 Å². The molecule has 0 bridgehead atoms. The van der Waals surface area contributed by atoms with E-state index in [1.807, 2.05) is 20.2 Å². The van der Waals surface area contributed by atoms with Crippen LogP contribution in [0.25, 0.3) is 0 Å². The monoisotopic (exact) mass is 731 g/mol. The van der Waals surface area contributed by atoms with Gasteiger partial charge in [0.2, 0.25) is 0 Å². The number of hydrogen-bond acceptors (Lipinski definition) is 8. The molecular weight excluding hydrogens is 691 g/mol. The molecule has 1 aliphatic rings. The third-order valence-corrected chi connectivity index (χ3v) is 11.8. The molecule has 0 amide bonds. The van der Waals surface area contributed by atoms with E-state index in [2.05, 4.69) is 19.8 Å². The number of methoxy groups -OCH3 is 2. The van der Waals surface area contributed by atoms with Gasteiger partial charge in [0.25, 0.3) is 10.0 Å². The first-order valence-corrected chi connectivity index (χ1v) is 17.9. The molecule has 0 spiro atoms. The smallest absolute Gasteiger partial charge is 0.416 e. The zero-order chi connectivity index (χ0) is 36.3. The number of benzene rings is 3. The van der Waals surface area contributed by atoms with Crippen LogP contribution in [-0.4, -0.2) is 70.2 Å². The second-order valence-electron chi connectivity index (χ2n) is 12.7. The highest BCUT2D eigenvalue weighted by molar-refractivity contribution is 7.93. The number of ether oxygens (including phenoxy) is 2. The van der Waals surface area contributed by atoms with Gasteiger partial charge >= 0.3 is 6.18 Å². The zero-order valence-corrected chi connectivity index (χ0v) is 30.2. The van der Waals surface area contributed by atoms with E-state index in [0.717, 1.165) is 24.6 Å². The lowest BCUT2D eigenvalue weighted by atomic mass is 9.82. The van der Waals surface area contributed by atoms with Crippen molar-refractivity contribution in [1.82, 2.24) is 14.9 Å². The van der Waals surface area contributed by atoms with E-state index in [1.54, 1.807) is 37.3 Å². The van der Waals surface area contributed by atoms with E-state index in [9.17, 15) is 21.6 Å². The summed E-state index contributed by atoms with van der Waals surface area (Å²) >= 11 is 6.89. The van der Waals surface area contributed by atoms with Gasteiger partial charge in [0, 0.05) is 48.2 Å². The molecule has 14 heteroatoms. The summed E-state index contributed by atoms with van der Waals surface area (Å²) in [5, 5.41) is 0.0609. The van der Waals surface area contributed by atoms with Gasteiger partial charge in [-0.3, -0.25) is 0 Å². The molecule has 1 aliphatic heterocycles. The van der Waals surface area contributed by atoms with E-state index < -0.39 is 21.8 Å². The van der Waals surface area contributed by atoms with E-state index in [1.165, 1.54) is 49.2 Å². The summed E-state index contributed by atoms with van der Waals surface area (Å²) in [5.41, 5.74) is 1.45. The maximum atomic E-state index is 14.5. The molecule has 9 nitrogen and oxygen atoms in total. The number of nitrogens with zero attached hydrogens (tertiary/aromatic N) is 5. The van der Waals surface area contributed by atoms with Crippen LogP contribution in [-0.2, 0) is 29.2 Å². The van der Waals surface area contributed by atoms with Gasteiger partial charge in [-0.15, -0.1) is 0 Å². The van der Waals surface area contributed by atoms with Crippen LogP contribution in [0.4, 0.5) is 24.7 Å². The highest BCUT2D eigenvalue weighted by atomic mass is 35.5. The Morgan fingerprint density at radius 2 is 1.82 bits per heavy atom. The third-order valence-electron chi connectivity index (χ3n) is 9.39. The fourth-order valence-electron chi connectivity index (χ4n) is 6.60. The molecule has 3 aromatic carbocycles. The van der Waals surface area contributed by atoms with Crippen molar-refractivity contribution in [2.45, 2.75) is 55.8 Å². The largest absolute Gasteiger partial charge is 0.497 e. The predicted molar refractivity (Wildman–Crippen MR) is 189 cm³/mol. The van der Waals surface area contributed by atoms with E-state index in [-0.39, 0.29) is 27.8 Å². The lowest BCUT2D eigenvalue weighted by Gasteiger charge is -2.48. The number of anilines is 2. The Kier molecular flexibility index (Phi) is 11.2. The van der Waals surface area contributed by atoms with Gasteiger partial charge in [0.05, 0.1) is 31.4 Å². The number of likely N-dealkylation sites (N-methyl/N-ethyl adjacent to an activating group) is 1. The van der Waals surface area contributed by atoms with Crippen molar-refractivity contribution in [2.75, 3.05) is 50.6 Å². The van der Waals surface area contributed by atoms with Crippen molar-refractivity contribution in [3.63, 3.8) is 0 Å². The SMILES string of the molecule is COc1ccc(CN(c2ccncn2)S(=O)(=O)c2c(C)cc(N3CCC[C@](CCc4cccc(C(F)(F)F)c4)(N(C)C)C3)cc2Cl)c(OC)c1.